The van der Waals surface area contributed by atoms with Crippen LogP contribution in [0.3, 0.4) is 0 Å². The van der Waals surface area contributed by atoms with E-state index in [-0.39, 0.29) is 17.5 Å². The molecule has 17 heavy (non-hydrogen) atoms. The van der Waals surface area contributed by atoms with Crippen LogP contribution in [-0.4, -0.2) is 11.9 Å². The molecule has 1 aromatic rings. The summed E-state index contributed by atoms with van der Waals surface area (Å²) in [5.74, 6) is -0.700. The molecule has 0 unspecified atom stereocenters. The Morgan fingerprint density at radius 2 is 2.00 bits per heavy atom. The molecule has 0 radical (unpaired) electrons. The molecule has 4 heteroatoms. The number of halogens is 2. The molecule has 1 aliphatic rings. The fraction of sp³-hybridized carbons (Fsp3) is 0.462. The summed E-state index contributed by atoms with van der Waals surface area (Å²) in [6.45, 7) is 0. The van der Waals surface area contributed by atoms with Crippen LogP contribution >= 0.6 is 22.6 Å². The Kier molecular flexibility index (Phi) is 4.36. The highest BCUT2D eigenvalue weighted by atomic mass is 127. The van der Waals surface area contributed by atoms with Gasteiger partial charge in [-0.1, -0.05) is 25.3 Å². The van der Waals surface area contributed by atoms with Gasteiger partial charge >= 0.3 is 0 Å². The van der Waals surface area contributed by atoms with Crippen LogP contribution < -0.4 is 5.32 Å². The molecule has 0 atom stereocenters. The quantitative estimate of drug-likeness (QED) is 0.816. The van der Waals surface area contributed by atoms with E-state index in [1.807, 2.05) is 22.6 Å². The minimum atomic E-state index is -0.415. The van der Waals surface area contributed by atoms with E-state index in [9.17, 15) is 9.18 Å². The summed E-state index contributed by atoms with van der Waals surface area (Å²) in [6, 6.07) is 5.12. The maximum Gasteiger partial charge on any atom is 0.254 e. The zero-order valence-corrected chi connectivity index (χ0v) is 11.7. The van der Waals surface area contributed by atoms with Crippen LogP contribution in [0.1, 0.15) is 42.5 Å². The Morgan fingerprint density at radius 1 is 1.29 bits per heavy atom. The van der Waals surface area contributed by atoms with E-state index < -0.39 is 5.82 Å². The van der Waals surface area contributed by atoms with Crippen LogP contribution in [0.15, 0.2) is 18.2 Å². The number of carbonyl (C=O) groups is 1. The number of benzene rings is 1. The first-order valence-electron chi connectivity index (χ1n) is 5.93. The number of carbonyl (C=O) groups excluding carboxylic acids is 1. The second kappa shape index (κ2) is 5.80. The first-order chi connectivity index (χ1) is 8.18. The SMILES string of the molecule is O=C(NC1CCCCC1)c1cccc(I)c1F. The number of amides is 1. The lowest BCUT2D eigenvalue weighted by Gasteiger charge is -2.22. The monoisotopic (exact) mass is 347 g/mol. The van der Waals surface area contributed by atoms with Gasteiger partial charge in [0.1, 0.15) is 5.82 Å². The number of nitrogens with one attached hydrogen (secondary N) is 1. The average Bonchev–Trinajstić information content (AvgIpc) is 2.34. The van der Waals surface area contributed by atoms with Gasteiger partial charge in [-0.15, -0.1) is 0 Å². The third-order valence-corrected chi connectivity index (χ3v) is 3.97. The smallest absolute Gasteiger partial charge is 0.254 e. The van der Waals surface area contributed by atoms with Crippen molar-refractivity contribution in [1.29, 1.82) is 0 Å². The summed E-state index contributed by atoms with van der Waals surface area (Å²) in [4.78, 5) is 11.9. The fourth-order valence-corrected chi connectivity index (χ4v) is 2.69. The van der Waals surface area contributed by atoms with Gasteiger partial charge in [0.2, 0.25) is 0 Å². The second-order valence-electron chi connectivity index (χ2n) is 4.41. The molecule has 1 amide bonds. The molecule has 1 aromatic carbocycles. The van der Waals surface area contributed by atoms with Crippen molar-refractivity contribution in [3.8, 4) is 0 Å². The highest BCUT2D eigenvalue weighted by molar-refractivity contribution is 14.1. The summed E-state index contributed by atoms with van der Waals surface area (Å²) in [5, 5.41) is 2.92. The minimum Gasteiger partial charge on any atom is -0.349 e. The van der Waals surface area contributed by atoms with Crippen molar-refractivity contribution in [2.24, 2.45) is 0 Å². The van der Waals surface area contributed by atoms with E-state index >= 15 is 0 Å². The van der Waals surface area contributed by atoms with Crippen LogP contribution in [-0.2, 0) is 0 Å². The van der Waals surface area contributed by atoms with Gasteiger partial charge in [0.05, 0.1) is 5.56 Å². The molecule has 0 aromatic heterocycles. The van der Waals surface area contributed by atoms with Crippen LogP contribution in [0.2, 0.25) is 0 Å². The lowest BCUT2D eigenvalue weighted by Crippen LogP contribution is -2.36. The molecule has 0 spiro atoms. The van der Waals surface area contributed by atoms with Gasteiger partial charge in [-0.2, -0.15) is 0 Å². The van der Waals surface area contributed by atoms with Gasteiger partial charge in [-0.05, 0) is 47.6 Å². The summed E-state index contributed by atoms with van der Waals surface area (Å²) in [7, 11) is 0. The van der Waals surface area contributed by atoms with Crippen LogP contribution in [0.25, 0.3) is 0 Å². The molecular weight excluding hydrogens is 332 g/mol. The third-order valence-electron chi connectivity index (χ3n) is 3.14. The van der Waals surface area contributed by atoms with E-state index in [4.69, 9.17) is 0 Å². The highest BCUT2D eigenvalue weighted by Gasteiger charge is 2.19. The second-order valence-corrected chi connectivity index (χ2v) is 5.57. The van der Waals surface area contributed by atoms with Crippen molar-refractivity contribution in [1.82, 2.24) is 5.32 Å². The van der Waals surface area contributed by atoms with Crippen molar-refractivity contribution < 1.29 is 9.18 Å². The summed E-state index contributed by atoms with van der Waals surface area (Å²) in [6.07, 6.45) is 5.57. The zero-order valence-electron chi connectivity index (χ0n) is 9.51. The van der Waals surface area contributed by atoms with E-state index in [2.05, 4.69) is 5.32 Å². The Labute approximate surface area is 114 Å². The van der Waals surface area contributed by atoms with Crippen LogP contribution in [0, 0.1) is 9.39 Å². The molecule has 0 bridgehead atoms. The van der Waals surface area contributed by atoms with E-state index in [1.165, 1.54) is 12.5 Å². The first-order valence-corrected chi connectivity index (χ1v) is 7.01. The van der Waals surface area contributed by atoms with Gasteiger partial charge in [-0.3, -0.25) is 4.79 Å². The molecule has 0 saturated heterocycles. The van der Waals surface area contributed by atoms with Crippen molar-refractivity contribution in [2.45, 2.75) is 38.1 Å². The van der Waals surface area contributed by atoms with Crippen molar-refractivity contribution in [3.05, 3.63) is 33.1 Å². The van der Waals surface area contributed by atoms with E-state index in [0.717, 1.165) is 25.7 Å². The highest BCUT2D eigenvalue weighted by Crippen LogP contribution is 2.19. The van der Waals surface area contributed by atoms with Crippen LogP contribution in [0.5, 0.6) is 0 Å². The minimum absolute atomic E-state index is 0.155. The number of rotatable bonds is 2. The van der Waals surface area contributed by atoms with E-state index in [1.54, 1.807) is 12.1 Å². The Hall–Kier alpha value is -0.650. The summed E-state index contributed by atoms with van der Waals surface area (Å²) >= 11 is 1.90. The topological polar surface area (TPSA) is 29.1 Å². The van der Waals surface area contributed by atoms with Gasteiger partial charge in [-0.25, -0.2) is 4.39 Å². The standard InChI is InChI=1S/C13H15FINO/c14-12-10(7-4-8-11(12)15)13(17)16-9-5-2-1-3-6-9/h4,7-9H,1-3,5-6H2,(H,16,17). The summed E-state index contributed by atoms with van der Waals surface area (Å²) < 4.78 is 14.2. The molecule has 1 aliphatic carbocycles. The molecule has 0 heterocycles. The van der Waals surface area contributed by atoms with Gasteiger partial charge in [0.25, 0.3) is 5.91 Å². The number of hydrogen-bond donors (Lipinski definition) is 1. The molecule has 92 valence electrons. The molecule has 1 N–H and O–H groups in total. The molecule has 1 saturated carbocycles. The average molecular weight is 347 g/mol. The largest absolute Gasteiger partial charge is 0.349 e. The van der Waals surface area contributed by atoms with Crippen molar-refractivity contribution >= 4 is 28.5 Å². The Morgan fingerprint density at radius 3 is 2.71 bits per heavy atom. The maximum absolute atomic E-state index is 13.7. The predicted molar refractivity (Wildman–Crippen MR) is 73.5 cm³/mol. The molecule has 2 nitrogen and oxygen atoms in total. The molecular formula is C13H15FINO. The van der Waals surface area contributed by atoms with Gasteiger partial charge in [0.15, 0.2) is 0 Å². The lowest BCUT2D eigenvalue weighted by atomic mass is 9.95. The van der Waals surface area contributed by atoms with Crippen LogP contribution in [0.4, 0.5) is 4.39 Å². The first kappa shape index (κ1) is 12.8. The van der Waals surface area contributed by atoms with E-state index in [0.29, 0.717) is 3.57 Å². The molecule has 1 fully saturated rings. The lowest BCUT2D eigenvalue weighted by molar-refractivity contribution is 0.0923. The third kappa shape index (κ3) is 3.18. The van der Waals surface area contributed by atoms with Gasteiger partial charge < -0.3 is 5.32 Å². The normalized spacial score (nSPS) is 16.8. The van der Waals surface area contributed by atoms with Gasteiger partial charge in [0, 0.05) is 9.61 Å². The van der Waals surface area contributed by atoms with Crippen molar-refractivity contribution in [3.63, 3.8) is 0 Å². The number of hydrogen-bond acceptors (Lipinski definition) is 1. The predicted octanol–water partition coefficient (Wildman–Crippen LogP) is 3.49. The fourth-order valence-electron chi connectivity index (χ4n) is 2.19. The Bertz CT molecular complexity index is 416. The maximum atomic E-state index is 13.7. The van der Waals surface area contributed by atoms with Crippen molar-refractivity contribution in [2.75, 3.05) is 0 Å². The molecule has 2 rings (SSSR count). The summed E-state index contributed by atoms with van der Waals surface area (Å²) in [5.41, 5.74) is 0.155. The zero-order chi connectivity index (χ0) is 12.3. The Balaban J connectivity index is 2.06. The molecule has 0 aliphatic heterocycles.